The number of nitrogens with one attached hydrogen (secondary N) is 3. The Balaban J connectivity index is 2.64. The third-order valence-corrected chi connectivity index (χ3v) is 3.54. The lowest BCUT2D eigenvalue weighted by Gasteiger charge is -2.17. The highest BCUT2D eigenvalue weighted by Crippen LogP contribution is 2.28. The molecular formula is C13H25N5O2S. The first-order valence-electron chi connectivity index (χ1n) is 7.12. The summed E-state index contributed by atoms with van der Waals surface area (Å²) in [7, 11) is -3.12. The number of nitrogens with zero attached hydrogens (tertiary/aromatic N) is 2. The normalized spacial score (nSPS) is 11.7. The fraction of sp³-hybridized carbons (Fsp3) is 0.692. The number of anilines is 2. The Morgan fingerprint density at radius 1 is 1.14 bits per heavy atom. The minimum atomic E-state index is -3.12. The van der Waals surface area contributed by atoms with Crippen molar-refractivity contribution in [2.24, 2.45) is 0 Å². The topological polar surface area (TPSA) is 96.0 Å². The van der Waals surface area contributed by atoms with Crippen LogP contribution in [0.5, 0.6) is 0 Å². The highest BCUT2D eigenvalue weighted by atomic mass is 32.2. The molecule has 8 heteroatoms. The zero-order chi connectivity index (χ0) is 15.9. The van der Waals surface area contributed by atoms with Crippen LogP contribution in [0.15, 0.2) is 6.33 Å². The number of aromatic nitrogens is 2. The fourth-order valence-electron chi connectivity index (χ4n) is 1.94. The summed E-state index contributed by atoms with van der Waals surface area (Å²) in [6.07, 6.45) is 3.37. The molecule has 0 amide bonds. The predicted octanol–water partition coefficient (Wildman–Crippen LogP) is 1.38. The molecule has 0 atom stereocenters. The molecule has 21 heavy (non-hydrogen) atoms. The molecule has 0 bridgehead atoms. The van der Waals surface area contributed by atoms with Crippen LogP contribution in [-0.4, -0.2) is 44.3 Å². The molecular weight excluding hydrogens is 290 g/mol. The molecule has 3 N–H and O–H groups in total. The Hall–Kier alpha value is -1.41. The zero-order valence-electron chi connectivity index (χ0n) is 13.1. The van der Waals surface area contributed by atoms with Crippen LogP contribution in [0.4, 0.5) is 11.6 Å². The van der Waals surface area contributed by atoms with Gasteiger partial charge in [0.2, 0.25) is 10.0 Å². The van der Waals surface area contributed by atoms with E-state index in [1.165, 1.54) is 6.33 Å². The maximum atomic E-state index is 11.0. The van der Waals surface area contributed by atoms with E-state index in [9.17, 15) is 8.42 Å². The van der Waals surface area contributed by atoms with Gasteiger partial charge >= 0.3 is 0 Å². The van der Waals surface area contributed by atoms with Gasteiger partial charge in [0.25, 0.3) is 0 Å². The summed E-state index contributed by atoms with van der Waals surface area (Å²) in [5, 5.41) is 6.49. The Labute approximate surface area is 127 Å². The van der Waals surface area contributed by atoms with Crippen molar-refractivity contribution in [3.63, 3.8) is 0 Å². The van der Waals surface area contributed by atoms with Crippen molar-refractivity contribution in [3.05, 3.63) is 11.9 Å². The minimum Gasteiger partial charge on any atom is -0.370 e. The number of hydrogen-bond acceptors (Lipinski definition) is 6. The first-order chi connectivity index (χ1) is 9.85. The van der Waals surface area contributed by atoms with Gasteiger partial charge in [-0.3, -0.25) is 0 Å². The van der Waals surface area contributed by atoms with Crippen molar-refractivity contribution >= 4 is 21.7 Å². The van der Waals surface area contributed by atoms with Gasteiger partial charge in [0.1, 0.15) is 18.0 Å². The average molecular weight is 315 g/mol. The Bertz CT molecular complexity index is 545. The van der Waals surface area contributed by atoms with E-state index in [1.807, 2.05) is 6.92 Å². The number of sulfonamides is 1. The van der Waals surface area contributed by atoms with E-state index in [2.05, 4.69) is 39.2 Å². The molecule has 1 aromatic heterocycles. The van der Waals surface area contributed by atoms with Gasteiger partial charge < -0.3 is 10.6 Å². The van der Waals surface area contributed by atoms with Gasteiger partial charge in [0.05, 0.1) is 6.26 Å². The van der Waals surface area contributed by atoms with Crippen molar-refractivity contribution < 1.29 is 8.42 Å². The quantitative estimate of drug-likeness (QED) is 0.596. The SMILES string of the molecule is CCNc1ncnc(NCCCNS(C)(=O)=O)c1C(C)C. The summed E-state index contributed by atoms with van der Waals surface area (Å²) in [4.78, 5) is 8.56. The van der Waals surface area contributed by atoms with Crippen LogP contribution in [0, 0.1) is 0 Å². The van der Waals surface area contributed by atoms with Gasteiger partial charge in [0, 0.05) is 25.2 Å². The summed E-state index contributed by atoms with van der Waals surface area (Å²) in [5.41, 5.74) is 1.05. The standard InChI is InChI=1S/C13H25N5O2S/c1-5-14-12-11(10(2)3)13(17-9-16-12)15-7-6-8-18-21(4,19)20/h9-10,18H,5-8H2,1-4H3,(H2,14,15,16,17). The molecule has 1 aromatic rings. The van der Waals surface area contributed by atoms with Gasteiger partial charge in [-0.05, 0) is 19.3 Å². The molecule has 0 fully saturated rings. The predicted molar refractivity (Wildman–Crippen MR) is 86.2 cm³/mol. The van der Waals surface area contributed by atoms with Gasteiger partial charge in [0.15, 0.2) is 0 Å². The van der Waals surface area contributed by atoms with Gasteiger partial charge in [-0.25, -0.2) is 23.1 Å². The molecule has 0 spiro atoms. The lowest BCUT2D eigenvalue weighted by Crippen LogP contribution is -2.24. The Morgan fingerprint density at radius 2 is 1.76 bits per heavy atom. The van der Waals surface area contributed by atoms with Crippen molar-refractivity contribution in [2.45, 2.75) is 33.1 Å². The first-order valence-corrected chi connectivity index (χ1v) is 9.01. The van der Waals surface area contributed by atoms with Crippen LogP contribution in [0.25, 0.3) is 0 Å². The third kappa shape index (κ3) is 6.26. The number of rotatable bonds is 9. The summed E-state index contributed by atoms with van der Waals surface area (Å²) in [5.74, 6) is 1.94. The molecule has 0 saturated heterocycles. The minimum absolute atomic E-state index is 0.289. The van der Waals surface area contributed by atoms with E-state index in [0.29, 0.717) is 19.5 Å². The largest absolute Gasteiger partial charge is 0.370 e. The molecule has 120 valence electrons. The summed E-state index contributed by atoms with van der Waals surface area (Å²) in [6.45, 7) is 8.06. The maximum Gasteiger partial charge on any atom is 0.208 e. The summed E-state index contributed by atoms with van der Waals surface area (Å²) < 4.78 is 24.4. The van der Waals surface area contributed by atoms with Crippen molar-refractivity contribution in [1.29, 1.82) is 0 Å². The molecule has 0 aliphatic carbocycles. The second-order valence-corrected chi connectivity index (χ2v) is 6.95. The van der Waals surface area contributed by atoms with Gasteiger partial charge in [-0.15, -0.1) is 0 Å². The second-order valence-electron chi connectivity index (χ2n) is 5.12. The third-order valence-electron chi connectivity index (χ3n) is 2.82. The fourth-order valence-corrected chi connectivity index (χ4v) is 2.46. The molecule has 7 nitrogen and oxygen atoms in total. The lowest BCUT2D eigenvalue weighted by atomic mass is 10.0. The molecule has 0 aliphatic heterocycles. The molecule has 0 radical (unpaired) electrons. The smallest absolute Gasteiger partial charge is 0.208 e. The van der Waals surface area contributed by atoms with E-state index in [1.54, 1.807) is 0 Å². The van der Waals surface area contributed by atoms with Crippen LogP contribution in [0.1, 0.15) is 38.7 Å². The van der Waals surface area contributed by atoms with Crippen LogP contribution < -0.4 is 15.4 Å². The van der Waals surface area contributed by atoms with Crippen molar-refractivity contribution in [2.75, 3.05) is 36.5 Å². The van der Waals surface area contributed by atoms with E-state index in [4.69, 9.17) is 0 Å². The van der Waals surface area contributed by atoms with Gasteiger partial charge in [-0.2, -0.15) is 0 Å². The van der Waals surface area contributed by atoms with Gasteiger partial charge in [-0.1, -0.05) is 13.8 Å². The molecule has 0 aromatic carbocycles. The zero-order valence-corrected chi connectivity index (χ0v) is 13.9. The highest BCUT2D eigenvalue weighted by molar-refractivity contribution is 7.88. The summed E-state index contributed by atoms with van der Waals surface area (Å²) >= 11 is 0. The van der Waals surface area contributed by atoms with Crippen LogP contribution in [-0.2, 0) is 10.0 Å². The monoisotopic (exact) mass is 315 g/mol. The van der Waals surface area contributed by atoms with E-state index in [0.717, 1.165) is 30.0 Å². The Kier molecular flexibility index (Phi) is 6.83. The van der Waals surface area contributed by atoms with Crippen molar-refractivity contribution in [3.8, 4) is 0 Å². The highest BCUT2D eigenvalue weighted by Gasteiger charge is 2.14. The number of hydrogen-bond donors (Lipinski definition) is 3. The molecule has 1 heterocycles. The average Bonchev–Trinajstić information content (AvgIpc) is 2.37. The molecule has 0 aliphatic rings. The first kappa shape index (κ1) is 17.6. The molecule has 0 saturated carbocycles. The Morgan fingerprint density at radius 3 is 2.29 bits per heavy atom. The van der Waals surface area contributed by atoms with E-state index < -0.39 is 10.0 Å². The summed E-state index contributed by atoms with van der Waals surface area (Å²) in [6, 6.07) is 0. The lowest BCUT2D eigenvalue weighted by molar-refractivity contribution is 0.586. The van der Waals surface area contributed by atoms with Crippen LogP contribution in [0.2, 0.25) is 0 Å². The van der Waals surface area contributed by atoms with Crippen LogP contribution >= 0.6 is 0 Å². The van der Waals surface area contributed by atoms with Crippen molar-refractivity contribution in [1.82, 2.24) is 14.7 Å². The van der Waals surface area contributed by atoms with Crippen LogP contribution in [0.3, 0.4) is 0 Å². The van der Waals surface area contributed by atoms with E-state index >= 15 is 0 Å². The van der Waals surface area contributed by atoms with E-state index in [-0.39, 0.29) is 5.92 Å². The molecule has 0 unspecified atom stereocenters. The molecule has 1 rings (SSSR count). The maximum absolute atomic E-state index is 11.0. The second kappa shape index (κ2) is 8.14.